The van der Waals surface area contributed by atoms with Crippen LogP contribution >= 0.6 is 0 Å². The molecule has 116 valence electrons. The minimum atomic E-state index is -1.13. The summed E-state index contributed by atoms with van der Waals surface area (Å²) in [6.07, 6.45) is 4.25. The van der Waals surface area contributed by atoms with Gasteiger partial charge in [-0.1, -0.05) is 20.3 Å². The van der Waals surface area contributed by atoms with E-state index in [0.29, 0.717) is 25.2 Å². The van der Waals surface area contributed by atoms with Gasteiger partial charge in [0.1, 0.15) is 11.1 Å². The highest BCUT2D eigenvalue weighted by Gasteiger charge is 2.45. The average Bonchev–Trinajstić information content (AvgIpc) is 2.46. The number of nitrogens with one attached hydrogen (secondary N) is 1. The summed E-state index contributed by atoms with van der Waals surface area (Å²) >= 11 is 0. The molecule has 1 atom stereocenters. The van der Waals surface area contributed by atoms with Crippen molar-refractivity contribution >= 4 is 11.9 Å². The van der Waals surface area contributed by atoms with Crippen LogP contribution in [-0.4, -0.2) is 35.2 Å². The molecule has 0 aromatic carbocycles. The number of rotatable bonds is 6. The lowest BCUT2D eigenvalue weighted by Crippen LogP contribution is -2.61. The fourth-order valence-corrected chi connectivity index (χ4v) is 2.72. The van der Waals surface area contributed by atoms with E-state index in [1.165, 1.54) is 7.11 Å². The summed E-state index contributed by atoms with van der Waals surface area (Å²) in [6, 6.07) is 0. The maximum Gasteiger partial charge on any atom is 0.329 e. The van der Waals surface area contributed by atoms with E-state index in [1.54, 1.807) is 6.92 Å². The molecule has 1 amide bonds. The Morgan fingerprint density at radius 1 is 1.35 bits per heavy atom. The fraction of sp³-hybridized carbons (Fsp3) is 0.867. The molecule has 1 saturated carbocycles. The Kier molecular flexibility index (Phi) is 5.57. The van der Waals surface area contributed by atoms with Crippen LogP contribution < -0.4 is 5.32 Å². The minimum absolute atomic E-state index is 0.333. The number of carboxylic acids is 1. The van der Waals surface area contributed by atoms with Crippen LogP contribution in [0.2, 0.25) is 0 Å². The third-order valence-electron chi connectivity index (χ3n) is 4.90. The van der Waals surface area contributed by atoms with Gasteiger partial charge in [0.05, 0.1) is 0 Å². The van der Waals surface area contributed by atoms with Crippen LogP contribution in [0.1, 0.15) is 59.3 Å². The molecule has 0 spiro atoms. The van der Waals surface area contributed by atoms with Gasteiger partial charge in [0.25, 0.3) is 5.91 Å². The smallest absolute Gasteiger partial charge is 0.329 e. The lowest BCUT2D eigenvalue weighted by molar-refractivity contribution is -0.155. The summed E-state index contributed by atoms with van der Waals surface area (Å²) in [6.45, 7) is 5.66. The minimum Gasteiger partial charge on any atom is -0.480 e. The first-order chi connectivity index (χ1) is 9.33. The third-order valence-corrected chi connectivity index (χ3v) is 4.90. The van der Waals surface area contributed by atoms with Gasteiger partial charge in [0.15, 0.2) is 0 Å². The number of methoxy groups -OCH3 is 1. The highest BCUT2D eigenvalue weighted by atomic mass is 16.5. The summed E-state index contributed by atoms with van der Waals surface area (Å²) in [5.41, 5.74) is -2.10. The zero-order chi connectivity index (χ0) is 15.4. The van der Waals surface area contributed by atoms with E-state index in [2.05, 4.69) is 12.2 Å². The zero-order valence-electron chi connectivity index (χ0n) is 13.0. The Labute approximate surface area is 121 Å². The average molecular weight is 285 g/mol. The van der Waals surface area contributed by atoms with Gasteiger partial charge in [-0.2, -0.15) is 0 Å². The number of carbonyl (C=O) groups excluding carboxylic acids is 1. The van der Waals surface area contributed by atoms with E-state index in [9.17, 15) is 14.7 Å². The van der Waals surface area contributed by atoms with Crippen LogP contribution in [0, 0.1) is 5.92 Å². The summed E-state index contributed by atoms with van der Waals surface area (Å²) in [5, 5.41) is 12.3. The molecule has 0 aromatic rings. The van der Waals surface area contributed by atoms with E-state index < -0.39 is 17.1 Å². The van der Waals surface area contributed by atoms with Crippen LogP contribution in [-0.2, 0) is 14.3 Å². The second kappa shape index (κ2) is 6.57. The maximum absolute atomic E-state index is 12.4. The van der Waals surface area contributed by atoms with Crippen molar-refractivity contribution in [2.45, 2.75) is 70.4 Å². The van der Waals surface area contributed by atoms with E-state index >= 15 is 0 Å². The lowest BCUT2D eigenvalue weighted by Gasteiger charge is -2.39. The Bertz CT molecular complexity index is 355. The molecule has 1 rings (SSSR count). The van der Waals surface area contributed by atoms with Crippen LogP contribution in [0.15, 0.2) is 0 Å². The zero-order valence-corrected chi connectivity index (χ0v) is 13.0. The highest BCUT2D eigenvalue weighted by Crippen LogP contribution is 2.34. The molecule has 0 radical (unpaired) electrons. The van der Waals surface area contributed by atoms with Gasteiger partial charge in [-0.3, -0.25) is 4.79 Å². The van der Waals surface area contributed by atoms with Gasteiger partial charge in [0.2, 0.25) is 0 Å². The van der Waals surface area contributed by atoms with E-state index in [-0.39, 0.29) is 5.91 Å². The van der Waals surface area contributed by atoms with Crippen LogP contribution in [0.4, 0.5) is 0 Å². The van der Waals surface area contributed by atoms with Crippen LogP contribution in [0.5, 0.6) is 0 Å². The molecule has 0 aliphatic heterocycles. The quantitative estimate of drug-likeness (QED) is 0.785. The fourth-order valence-electron chi connectivity index (χ4n) is 2.72. The topological polar surface area (TPSA) is 75.6 Å². The largest absolute Gasteiger partial charge is 0.480 e. The number of carbonyl (C=O) groups is 2. The third kappa shape index (κ3) is 3.32. The van der Waals surface area contributed by atoms with Gasteiger partial charge in [-0.15, -0.1) is 0 Å². The Balaban J connectivity index is 2.84. The molecular formula is C15H27NO4. The normalized spacial score (nSPS) is 29.5. The second-order valence-electron chi connectivity index (χ2n) is 5.98. The standard InChI is InChI=1S/C15H27NO4/c1-5-11-7-9-15(10-8-11,13(18)19)16-12(17)14(3,6-2)20-4/h11H,5-10H2,1-4H3,(H,16,17)(H,18,19). The molecule has 0 bridgehead atoms. The molecule has 5 nitrogen and oxygen atoms in total. The van der Waals surface area contributed by atoms with Gasteiger partial charge >= 0.3 is 5.97 Å². The van der Waals surface area contributed by atoms with Gasteiger partial charge in [-0.05, 0) is 44.9 Å². The van der Waals surface area contributed by atoms with Crippen LogP contribution in [0.25, 0.3) is 0 Å². The molecule has 0 aromatic heterocycles. The summed E-state index contributed by atoms with van der Waals surface area (Å²) in [4.78, 5) is 24.0. The van der Waals surface area contributed by atoms with Gasteiger partial charge < -0.3 is 15.2 Å². The van der Waals surface area contributed by atoms with Crippen molar-refractivity contribution < 1.29 is 19.4 Å². The van der Waals surface area contributed by atoms with Crippen molar-refractivity contribution in [1.82, 2.24) is 5.32 Å². The summed E-state index contributed by atoms with van der Waals surface area (Å²) in [7, 11) is 1.48. The van der Waals surface area contributed by atoms with Crippen molar-refractivity contribution in [3.05, 3.63) is 0 Å². The number of carboxylic acid groups (broad SMARTS) is 1. The van der Waals surface area contributed by atoms with Crippen molar-refractivity contribution in [1.29, 1.82) is 0 Å². The Morgan fingerprint density at radius 3 is 2.25 bits per heavy atom. The first-order valence-electron chi connectivity index (χ1n) is 7.44. The SMILES string of the molecule is CCC1CCC(NC(=O)C(C)(CC)OC)(C(=O)O)CC1. The van der Waals surface area contributed by atoms with E-state index in [1.807, 2.05) is 6.92 Å². The molecule has 0 saturated heterocycles. The van der Waals surface area contributed by atoms with E-state index in [4.69, 9.17) is 4.74 Å². The van der Waals surface area contributed by atoms with Gasteiger partial charge in [-0.25, -0.2) is 4.79 Å². The molecular weight excluding hydrogens is 258 g/mol. The first-order valence-corrected chi connectivity index (χ1v) is 7.44. The Hall–Kier alpha value is -1.10. The molecule has 5 heteroatoms. The predicted molar refractivity (Wildman–Crippen MR) is 76.5 cm³/mol. The number of amides is 1. The lowest BCUT2D eigenvalue weighted by atomic mass is 9.75. The highest BCUT2D eigenvalue weighted by molar-refractivity contribution is 5.91. The van der Waals surface area contributed by atoms with E-state index in [0.717, 1.165) is 19.3 Å². The second-order valence-corrected chi connectivity index (χ2v) is 5.98. The van der Waals surface area contributed by atoms with Crippen molar-refractivity contribution in [2.24, 2.45) is 5.92 Å². The molecule has 1 aliphatic carbocycles. The molecule has 0 heterocycles. The summed E-state index contributed by atoms with van der Waals surface area (Å²) in [5.74, 6) is -0.700. The molecule has 20 heavy (non-hydrogen) atoms. The molecule has 1 aliphatic rings. The maximum atomic E-state index is 12.4. The molecule has 1 unspecified atom stereocenters. The summed E-state index contributed by atoms with van der Waals surface area (Å²) < 4.78 is 5.25. The number of aliphatic carboxylic acids is 1. The van der Waals surface area contributed by atoms with Crippen LogP contribution in [0.3, 0.4) is 0 Å². The van der Waals surface area contributed by atoms with Crippen molar-refractivity contribution in [2.75, 3.05) is 7.11 Å². The number of hydrogen-bond donors (Lipinski definition) is 2. The predicted octanol–water partition coefficient (Wildman–Crippen LogP) is 2.34. The molecule has 2 N–H and O–H groups in total. The first kappa shape index (κ1) is 17.0. The van der Waals surface area contributed by atoms with Gasteiger partial charge in [0, 0.05) is 7.11 Å². The number of ether oxygens (including phenoxy) is 1. The van der Waals surface area contributed by atoms with Crippen molar-refractivity contribution in [3.63, 3.8) is 0 Å². The molecule has 1 fully saturated rings. The van der Waals surface area contributed by atoms with Crippen molar-refractivity contribution in [3.8, 4) is 0 Å². The monoisotopic (exact) mass is 285 g/mol. The Morgan fingerprint density at radius 2 is 1.90 bits per heavy atom. The number of hydrogen-bond acceptors (Lipinski definition) is 3.